The maximum absolute atomic E-state index is 12.3. The summed E-state index contributed by atoms with van der Waals surface area (Å²) in [6, 6.07) is 4.31. The zero-order valence-electron chi connectivity index (χ0n) is 15.7. The Morgan fingerprint density at radius 3 is 2.30 bits per heavy atom. The van der Waals surface area contributed by atoms with E-state index < -0.39 is 0 Å². The van der Waals surface area contributed by atoms with Crippen LogP contribution in [0.4, 0.5) is 0 Å². The van der Waals surface area contributed by atoms with Crippen molar-refractivity contribution in [1.82, 2.24) is 0 Å². The van der Waals surface area contributed by atoms with Crippen LogP contribution in [0.3, 0.4) is 0 Å². The molecule has 0 amide bonds. The van der Waals surface area contributed by atoms with Gasteiger partial charge >= 0.3 is 5.97 Å². The van der Waals surface area contributed by atoms with Gasteiger partial charge in [-0.1, -0.05) is 45.4 Å². The average Bonchev–Trinajstić information content (AvgIpc) is 2.45. The molecule has 0 aliphatic heterocycles. The van der Waals surface area contributed by atoms with Crippen LogP contribution in [0.1, 0.15) is 63.6 Å². The zero-order valence-corrected chi connectivity index (χ0v) is 15.7. The zero-order chi connectivity index (χ0) is 17.6. The summed E-state index contributed by atoms with van der Waals surface area (Å²) in [5.74, 6) is 1.53. The van der Waals surface area contributed by atoms with E-state index in [9.17, 15) is 4.79 Å². The summed E-state index contributed by atoms with van der Waals surface area (Å²) in [5.41, 5.74) is 3.52. The third kappa shape index (κ3) is 5.56. The van der Waals surface area contributed by atoms with Crippen LogP contribution in [-0.2, 0) is 16.0 Å². The lowest BCUT2D eigenvalue weighted by Gasteiger charge is -2.22. The lowest BCUT2D eigenvalue weighted by atomic mass is 9.87. The van der Waals surface area contributed by atoms with Crippen molar-refractivity contribution in [3.63, 3.8) is 0 Å². The molecule has 3 heteroatoms. The number of methoxy groups -OCH3 is 1. The van der Waals surface area contributed by atoms with Crippen LogP contribution in [-0.4, -0.2) is 19.7 Å². The van der Waals surface area contributed by atoms with E-state index in [-0.39, 0.29) is 11.9 Å². The SMILES string of the molecule is CCOC(=O)C(Cc1cc(C)cc(C(C)C)c1OC)CC(C)C. The van der Waals surface area contributed by atoms with Crippen LogP contribution < -0.4 is 4.74 Å². The second-order valence-corrected chi connectivity index (χ2v) is 6.98. The normalized spacial score (nSPS) is 12.6. The second-order valence-electron chi connectivity index (χ2n) is 6.98. The molecule has 0 radical (unpaired) electrons. The average molecular weight is 320 g/mol. The van der Waals surface area contributed by atoms with Gasteiger partial charge in [0.05, 0.1) is 19.6 Å². The molecule has 0 spiro atoms. The number of esters is 1. The fourth-order valence-corrected chi connectivity index (χ4v) is 3.07. The van der Waals surface area contributed by atoms with Crippen molar-refractivity contribution >= 4 is 5.97 Å². The van der Waals surface area contributed by atoms with Gasteiger partial charge in [0.25, 0.3) is 0 Å². The van der Waals surface area contributed by atoms with Crippen molar-refractivity contribution in [2.24, 2.45) is 11.8 Å². The highest BCUT2D eigenvalue weighted by molar-refractivity contribution is 5.73. The highest BCUT2D eigenvalue weighted by atomic mass is 16.5. The number of hydrogen-bond donors (Lipinski definition) is 0. The van der Waals surface area contributed by atoms with E-state index >= 15 is 0 Å². The lowest BCUT2D eigenvalue weighted by molar-refractivity contribution is -0.148. The fraction of sp³-hybridized carbons (Fsp3) is 0.650. The molecule has 0 saturated carbocycles. The Morgan fingerprint density at radius 2 is 1.83 bits per heavy atom. The molecule has 0 saturated heterocycles. The molecule has 3 nitrogen and oxygen atoms in total. The molecule has 0 aliphatic rings. The number of aryl methyl sites for hydroxylation is 1. The predicted octanol–water partition coefficient (Wildman–Crippen LogP) is 4.89. The topological polar surface area (TPSA) is 35.5 Å². The Hall–Kier alpha value is -1.51. The van der Waals surface area contributed by atoms with Gasteiger partial charge in [0.15, 0.2) is 0 Å². The maximum Gasteiger partial charge on any atom is 0.309 e. The van der Waals surface area contributed by atoms with Crippen LogP contribution in [0, 0.1) is 18.8 Å². The molecule has 1 aromatic carbocycles. The van der Waals surface area contributed by atoms with Crippen LogP contribution in [0.15, 0.2) is 12.1 Å². The number of ether oxygens (including phenoxy) is 2. The quantitative estimate of drug-likeness (QED) is 0.639. The van der Waals surface area contributed by atoms with Crippen LogP contribution in [0.2, 0.25) is 0 Å². The fourth-order valence-electron chi connectivity index (χ4n) is 3.07. The van der Waals surface area contributed by atoms with E-state index in [2.05, 4.69) is 46.8 Å². The summed E-state index contributed by atoms with van der Waals surface area (Å²) in [4.78, 5) is 12.3. The summed E-state index contributed by atoms with van der Waals surface area (Å²) >= 11 is 0. The molecule has 1 rings (SSSR count). The van der Waals surface area contributed by atoms with Gasteiger partial charge in [0.1, 0.15) is 5.75 Å². The van der Waals surface area contributed by atoms with Gasteiger partial charge in [-0.05, 0) is 49.7 Å². The summed E-state index contributed by atoms with van der Waals surface area (Å²) in [7, 11) is 1.71. The Bertz CT molecular complexity index is 518. The molecule has 0 aromatic heterocycles. The van der Waals surface area contributed by atoms with Crippen molar-refractivity contribution in [3.05, 3.63) is 28.8 Å². The van der Waals surface area contributed by atoms with Gasteiger partial charge in [-0.15, -0.1) is 0 Å². The summed E-state index contributed by atoms with van der Waals surface area (Å²) in [6.07, 6.45) is 1.49. The number of benzene rings is 1. The minimum atomic E-state index is -0.120. The van der Waals surface area contributed by atoms with Gasteiger partial charge in [0, 0.05) is 0 Å². The van der Waals surface area contributed by atoms with E-state index in [4.69, 9.17) is 9.47 Å². The third-order valence-electron chi connectivity index (χ3n) is 4.01. The van der Waals surface area contributed by atoms with Crippen molar-refractivity contribution in [1.29, 1.82) is 0 Å². The van der Waals surface area contributed by atoms with Gasteiger partial charge in [-0.25, -0.2) is 0 Å². The smallest absolute Gasteiger partial charge is 0.309 e. The molecule has 23 heavy (non-hydrogen) atoms. The Labute approximate surface area is 141 Å². The number of rotatable bonds is 8. The molecular formula is C20H32O3. The third-order valence-corrected chi connectivity index (χ3v) is 4.01. The molecule has 1 atom stereocenters. The van der Waals surface area contributed by atoms with Crippen LogP contribution >= 0.6 is 0 Å². The largest absolute Gasteiger partial charge is 0.496 e. The maximum atomic E-state index is 12.3. The highest BCUT2D eigenvalue weighted by Gasteiger charge is 2.24. The van der Waals surface area contributed by atoms with Gasteiger partial charge in [-0.2, -0.15) is 0 Å². The van der Waals surface area contributed by atoms with Gasteiger partial charge < -0.3 is 9.47 Å². The lowest BCUT2D eigenvalue weighted by Crippen LogP contribution is -2.22. The summed E-state index contributed by atoms with van der Waals surface area (Å²) in [5, 5.41) is 0. The van der Waals surface area contributed by atoms with E-state index in [0.29, 0.717) is 24.9 Å². The van der Waals surface area contributed by atoms with Crippen molar-refractivity contribution in [2.45, 2.75) is 60.3 Å². The molecule has 1 aromatic rings. The molecule has 0 N–H and O–H groups in total. The number of carbonyl (C=O) groups is 1. The van der Waals surface area contributed by atoms with E-state index in [1.807, 2.05) is 6.92 Å². The molecule has 0 heterocycles. The summed E-state index contributed by atoms with van der Waals surface area (Å²) in [6.45, 7) is 13.0. The van der Waals surface area contributed by atoms with Crippen molar-refractivity contribution in [3.8, 4) is 5.75 Å². The minimum Gasteiger partial charge on any atom is -0.496 e. The highest BCUT2D eigenvalue weighted by Crippen LogP contribution is 2.34. The first-order chi connectivity index (χ1) is 10.8. The first-order valence-corrected chi connectivity index (χ1v) is 8.64. The van der Waals surface area contributed by atoms with Gasteiger partial charge in [-0.3, -0.25) is 4.79 Å². The Morgan fingerprint density at radius 1 is 1.17 bits per heavy atom. The predicted molar refractivity (Wildman–Crippen MR) is 95.1 cm³/mol. The van der Waals surface area contributed by atoms with E-state index in [1.165, 1.54) is 11.1 Å². The molecule has 0 fully saturated rings. The standard InChI is InChI=1S/C20H32O3/c1-8-23-20(21)17(9-13(2)3)12-16-10-15(6)11-18(14(4)5)19(16)22-7/h10-11,13-14,17H,8-9,12H2,1-7H3. The monoisotopic (exact) mass is 320 g/mol. The first kappa shape index (κ1) is 19.5. The molecule has 130 valence electrons. The molecule has 0 aliphatic carbocycles. The van der Waals surface area contributed by atoms with Crippen molar-refractivity contribution < 1.29 is 14.3 Å². The number of carbonyl (C=O) groups excluding carboxylic acids is 1. The van der Waals surface area contributed by atoms with Crippen molar-refractivity contribution in [2.75, 3.05) is 13.7 Å². The van der Waals surface area contributed by atoms with Gasteiger partial charge in [0.2, 0.25) is 0 Å². The van der Waals surface area contributed by atoms with E-state index in [0.717, 1.165) is 17.7 Å². The van der Waals surface area contributed by atoms with Crippen LogP contribution in [0.25, 0.3) is 0 Å². The van der Waals surface area contributed by atoms with E-state index in [1.54, 1.807) is 7.11 Å². The molecule has 1 unspecified atom stereocenters. The minimum absolute atomic E-state index is 0.101. The molecule has 0 bridgehead atoms. The first-order valence-electron chi connectivity index (χ1n) is 8.64. The number of hydrogen-bond acceptors (Lipinski definition) is 3. The molecular weight excluding hydrogens is 288 g/mol. The Balaban J connectivity index is 3.18. The summed E-state index contributed by atoms with van der Waals surface area (Å²) < 4.78 is 11.0. The second kappa shape index (κ2) is 8.95. The van der Waals surface area contributed by atoms with Crippen LogP contribution in [0.5, 0.6) is 5.75 Å². The Kier molecular flexibility index (Phi) is 7.60.